The number of halogens is 3. The molecule has 0 saturated carbocycles. The lowest BCUT2D eigenvalue weighted by molar-refractivity contribution is -0.117. The second kappa shape index (κ2) is 4.91. The molecule has 0 unspecified atom stereocenters. The number of benzene rings is 1. The van der Waals surface area contributed by atoms with E-state index in [0.717, 1.165) is 13.0 Å². The molecule has 0 aromatic heterocycles. The lowest BCUT2D eigenvalue weighted by Gasteiger charge is -2.16. The molecule has 0 spiro atoms. The number of carbonyl (C=O) groups excluding carboxylic acids is 1. The first-order valence-corrected chi connectivity index (χ1v) is 5.67. The average Bonchev–Trinajstić information content (AvgIpc) is 2.78. The number of anilines is 1. The van der Waals surface area contributed by atoms with Crippen LogP contribution in [-0.4, -0.2) is 18.3 Å². The Morgan fingerprint density at radius 3 is 2.68 bits per heavy atom. The molecule has 0 radical (unpaired) electrons. The summed E-state index contributed by atoms with van der Waals surface area (Å²) in [5, 5.41) is 7.65. The van der Waals surface area contributed by atoms with Gasteiger partial charge in [0.15, 0.2) is 17.5 Å². The van der Waals surface area contributed by atoms with E-state index in [2.05, 4.69) is 10.4 Å². The zero-order chi connectivity index (χ0) is 14.2. The van der Waals surface area contributed by atoms with Crippen LogP contribution >= 0.6 is 0 Å². The summed E-state index contributed by atoms with van der Waals surface area (Å²) in [6, 6.07) is 0.762. The van der Waals surface area contributed by atoms with Crippen molar-refractivity contribution in [1.29, 1.82) is 0 Å². The smallest absolute Gasteiger partial charge is 0.222 e. The molecule has 2 rings (SSSR count). The summed E-state index contributed by atoms with van der Waals surface area (Å²) in [5.41, 5.74) is -0.532. The van der Waals surface area contributed by atoms with Crippen molar-refractivity contribution in [3.8, 4) is 0 Å². The molecule has 4 nitrogen and oxygen atoms in total. The minimum atomic E-state index is -1.20. The Kier molecular flexibility index (Phi) is 3.46. The van der Waals surface area contributed by atoms with Gasteiger partial charge in [0, 0.05) is 31.5 Å². The molecule has 0 atom stereocenters. The van der Waals surface area contributed by atoms with Crippen molar-refractivity contribution in [2.45, 2.75) is 20.3 Å². The molecule has 1 heterocycles. The molecule has 1 aromatic carbocycles. The highest BCUT2D eigenvalue weighted by Crippen LogP contribution is 2.28. The molecule has 0 bridgehead atoms. The fourth-order valence-corrected chi connectivity index (χ4v) is 1.82. The van der Waals surface area contributed by atoms with Crippen LogP contribution in [0.1, 0.15) is 18.9 Å². The van der Waals surface area contributed by atoms with Crippen molar-refractivity contribution in [3.63, 3.8) is 0 Å². The van der Waals surface area contributed by atoms with Gasteiger partial charge in [-0.25, -0.2) is 13.2 Å². The monoisotopic (exact) mass is 271 g/mol. The molecule has 0 saturated heterocycles. The van der Waals surface area contributed by atoms with Crippen LogP contribution < -0.4 is 10.3 Å². The normalized spacial score (nSPS) is 14.6. The molecule has 19 heavy (non-hydrogen) atoms. The number of rotatable bonds is 1. The van der Waals surface area contributed by atoms with Crippen molar-refractivity contribution in [2.24, 2.45) is 5.10 Å². The van der Waals surface area contributed by atoms with Crippen molar-refractivity contribution < 1.29 is 18.0 Å². The van der Waals surface area contributed by atoms with E-state index >= 15 is 0 Å². The summed E-state index contributed by atoms with van der Waals surface area (Å²) >= 11 is 0. The van der Waals surface area contributed by atoms with E-state index in [1.165, 1.54) is 11.9 Å². The number of carbonyl (C=O) groups is 1. The molecule has 1 aliphatic rings. The SMILES string of the molecule is CC(=O)NC1=NN(c2cc(F)c(F)c(C)c2F)CC1. The lowest BCUT2D eigenvalue weighted by atomic mass is 10.1. The van der Waals surface area contributed by atoms with Gasteiger partial charge in [0.25, 0.3) is 0 Å². The Hall–Kier alpha value is -2.05. The Labute approximate surface area is 107 Å². The first-order chi connectivity index (χ1) is 8.90. The van der Waals surface area contributed by atoms with Crippen LogP contribution in [0.3, 0.4) is 0 Å². The van der Waals surface area contributed by atoms with Crippen LogP contribution in [-0.2, 0) is 4.79 Å². The highest BCUT2D eigenvalue weighted by atomic mass is 19.2. The van der Waals surface area contributed by atoms with Gasteiger partial charge >= 0.3 is 0 Å². The van der Waals surface area contributed by atoms with Gasteiger partial charge in [0.05, 0.1) is 5.69 Å². The average molecular weight is 271 g/mol. The maximum absolute atomic E-state index is 13.9. The Morgan fingerprint density at radius 1 is 1.37 bits per heavy atom. The second-order valence-corrected chi connectivity index (χ2v) is 4.23. The predicted octanol–water partition coefficient (Wildman–Crippen LogP) is 2.07. The summed E-state index contributed by atoms with van der Waals surface area (Å²) in [5.74, 6) is -3.10. The van der Waals surface area contributed by atoms with E-state index < -0.39 is 23.0 Å². The molecule has 1 amide bonds. The van der Waals surface area contributed by atoms with E-state index in [1.54, 1.807) is 0 Å². The number of hydrogen-bond acceptors (Lipinski definition) is 3. The summed E-state index contributed by atoms with van der Waals surface area (Å²) in [7, 11) is 0. The van der Waals surface area contributed by atoms with Gasteiger partial charge in [-0.2, -0.15) is 5.10 Å². The molecule has 0 fully saturated rings. The van der Waals surface area contributed by atoms with Crippen LogP contribution in [0.15, 0.2) is 11.2 Å². The minimum Gasteiger partial charge on any atom is -0.313 e. The molecule has 1 N–H and O–H groups in total. The molecule has 1 aliphatic heterocycles. The van der Waals surface area contributed by atoms with Gasteiger partial charge in [-0.05, 0) is 6.92 Å². The Balaban J connectivity index is 2.34. The molecule has 0 aliphatic carbocycles. The van der Waals surface area contributed by atoms with E-state index in [9.17, 15) is 18.0 Å². The third-order valence-corrected chi connectivity index (χ3v) is 2.76. The maximum atomic E-state index is 13.9. The Morgan fingerprint density at radius 2 is 2.05 bits per heavy atom. The van der Waals surface area contributed by atoms with Crippen molar-refractivity contribution in [2.75, 3.05) is 11.6 Å². The maximum Gasteiger partial charge on any atom is 0.222 e. The number of hydrazone groups is 1. The van der Waals surface area contributed by atoms with Gasteiger partial charge in [0.1, 0.15) is 5.84 Å². The predicted molar refractivity (Wildman–Crippen MR) is 64.3 cm³/mol. The number of hydrogen-bond donors (Lipinski definition) is 1. The highest BCUT2D eigenvalue weighted by molar-refractivity contribution is 5.98. The summed E-state index contributed by atoms with van der Waals surface area (Å²) < 4.78 is 40.4. The zero-order valence-corrected chi connectivity index (χ0v) is 10.4. The van der Waals surface area contributed by atoms with Gasteiger partial charge in [-0.15, -0.1) is 0 Å². The van der Waals surface area contributed by atoms with E-state index in [0.29, 0.717) is 12.3 Å². The van der Waals surface area contributed by atoms with Crippen molar-refractivity contribution in [3.05, 3.63) is 29.1 Å². The topological polar surface area (TPSA) is 44.7 Å². The molecule has 7 heteroatoms. The molecular formula is C12H12F3N3O. The third-order valence-electron chi connectivity index (χ3n) is 2.76. The number of nitrogens with zero attached hydrogens (tertiary/aromatic N) is 2. The van der Waals surface area contributed by atoms with Gasteiger partial charge in [-0.1, -0.05) is 0 Å². The van der Waals surface area contributed by atoms with E-state index in [4.69, 9.17) is 0 Å². The largest absolute Gasteiger partial charge is 0.313 e. The van der Waals surface area contributed by atoms with Crippen molar-refractivity contribution >= 4 is 17.4 Å². The Bertz CT molecular complexity index is 572. The lowest BCUT2D eigenvalue weighted by Crippen LogP contribution is -2.26. The number of amidine groups is 1. The first kappa shape index (κ1) is 13.4. The number of amides is 1. The highest BCUT2D eigenvalue weighted by Gasteiger charge is 2.23. The third kappa shape index (κ3) is 2.54. The molecule has 102 valence electrons. The fourth-order valence-electron chi connectivity index (χ4n) is 1.82. The van der Waals surface area contributed by atoms with Crippen LogP contribution in [0.4, 0.5) is 18.9 Å². The van der Waals surface area contributed by atoms with E-state index in [-0.39, 0.29) is 18.1 Å². The van der Waals surface area contributed by atoms with Gasteiger partial charge < -0.3 is 5.32 Å². The molecule has 1 aromatic rings. The summed E-state index contributed by atoms with van der Waals surface area (Å²) in [6.45, 7) is 2.77. The fraction of sp³-hybridized carbons (Fsp3) is 0.333. The van der Waals surface area contributed by atoms with Gasteiger partial charge in [0.2, 0.25) is 5.91 Å². The number of nitrogens with one attached hydrogen (secondary N) is 1. The second-order valence-electron chi connectivity index (χ2n) is 4.23. The zero-order valence-electron chi connectivity index (χ0n) is 10.4. The molecular weight excluding hydrogens is 259 g/mol. The van der Waals surface area contributed by atoms with Gasteiger partial charge in [-0.3, -0.25) is 9.80 Å². The quantitative estimate of drug-likeness (QED) is 0.795. The summed E-state index contributed by atoms with van der Waals surface area (Å²) in [4.78, 5) is 10.9. The van der Waals surface area contributed by atoms with Crippen LogP contribution in [0.2, 0.25) is 0 Å². The van der Waals surface area contributed by atoms with E-state index in [1.807, 2.05) is 0 Å². The van der Waals surface area contributed by atoms with Crippen LogP contribution in [0.25, 0.3) is 0 Å². The first-order valence-electron chi connectivity index (χ1n) is 5.67. The van der Waals surface area contributed by atoms with Crippen LogP contribution in [0, 0.1) is 24.4 Å². The van der Waals surface area contributed by atoms with Crippen molar-refractivity contribution in [1.82, 2.24) is 5.32 Å². The van der Waals surface area contributed by atoms with Crippen LogP contribution in [0.5, 0.6) is 0 Å². The summed E-state index contributed by atoms with van der Waals surface area (Å²) in [6.07, 6.45) is 0.400. The minimum absolute atomic E-state index is 0.142. The standard InChI is InChI=1S/C12H12F3N3O/c1-6-11(14)8(13)5-9(12(6)15)18-4-3-10(17-18)16-7(2)19/h5H,3-4H2,1-2H3,(H,16,17,19).